The summed E-state index contributed by atoms with van der Waals surface area (Å²) in [4.78, 5) is 28.9. The summed E-state index contributed by atoms with van der Waals surface area (Å²) in [6.45, 7) is 5.30. The summed E-state index contributed by atoms with van der Waals surface area (Å²) < 4.78 is 5.38. The Hall–Kier alpha value is -1.85. The molecule has 1 aliphatic heterocycles. The van der Waals surface area contributed by atoms with Crippen molar-refractivity contribution in [3.05, 3.63) is 17.8 Å². The van der Waals surface area contributed by atoms with Gasteiger partial charge < -0.3 is 14.6 Å². The van der Waals surface area contributed by atoms with Crippen molar-refractivity contribution in [3.63, 3.8) is 0 Å². The van der Waals surface area contributed by atoms with Crippen LogP contribution in [0.5, 0.6) is 0 Å². The largest absolute Gasteiger partial charge is 0.444 e. The Morgan fingerprint density at radius 1 is 1.59 bits per heavy atom. The molecule has 1 aromatic heterocycles. The Labute approximate surface area is 99.0 Å². The molecule has 92 valence electrons. The van der Waals surface area contributed by atoms with E-state index in [-0.39, 0.29) is 24.4 Å². The van der Waals surface area contributed by atoms with Gasteiger partial charge in [-0.1, -0.05) is 0 Å². The number of nitrogens with zero attached hydrogens (tertiary/aromatic N) is 2. The first-order valence-corrected chi connectivity index (χ1v) is 5.51. The lowest BCUT2D eigenvalue weighted by Crippen LogP contribution is -2.57. The number of amides is 2. The van der Waals surface area contributed by atoms with Crippen molar-refractivity contribution in [1.82, 2.24) is 15.2 Å². The van der Waals surface area contributed by atoms with Crippen molar-refractivity contribution in [2.24, 2.45) is 0 Å². The second-order valence-corrected chi connectivity index (χ2v) is 4.24. The Morgan fingerprint density at radius 3 is 2.88 bits per heavy atom. The molecule has 17 heavy (non-hydrogen) atoms. The topological polar surface area (TPSA) is 75.4 Å². The average Bonchev–Trinajstić information content (AvgIpc) is 2.69. The van der Waals surface area contributed by atoms with E-state index in [0.717, 1.165) is 0 Å². The molecule has 0 aliphatic carbocycles. The molecule has 6 nitrogen and oxygen atoms in total. The Balaban J connectivity index is 2.20. The first kappa shape index (κ1) is 11.6. The van der Waals surface area contributed by atoms with Crippen molar-refractivity contribution < 1.29 is 14.0 Å². The number of hydrogen-bond donors (Lipinski definition) is 1. The van der Waals surface area contributed by atoms with Crippen LogP contribution in [-0.4, -0.2) is 34.3 Å². The standard InChI is InChI=1S/C11H15N3O3/c1-6-4-12-10(17-6)8(3)14-5-9(15)13-7(2)11(14)16/h4,7-8H,5H2,1-3H3,(H,13,15). The van der Waals surface area contributed by atoms with Gasteiger partial charge in [-0.15, -0.1) is 0 Å². The zero-order chi connectivity index (χ0) is 12.6. The molecule has 2 atom stereocenters. The minimum Gasteiger partial charge on any atom is -0.444 e. The van der Waals surface area contributed by atoms with E-state index in [1.165, 1.54) is 4.90 Å². The predicted molar refractivity (Wildman–Crippen MR) is 59.0 cm³/mol. The van der Waals surface area contributed by atoms with Crippen LogP contribution in [-0.2, 0) is 9.59 Å². The highest BCUT2D eigenvalue weighted by molar-refractivity contribution is 5.94. The Kier molecular flexibility index (Phi) is 2.87. The lowest BCUT2D eigenvalue weighted by molar-refractivity contribution is -0.146. The zero-order valence-corrected chi connectivity index (χ0v) is 10.1. The number of rotatable bonds is 2. The van der Waals surface area contributed by atoms with Crippen LogP contribution in [0.1, 0.15) is 31.5 Å². The SMILES string of the molecule is Cc1cnc(C(C)N2CC(=O)NC(C)C2=O)o1. The maximum Gasteiger partial charge on any atom is 0.246 e. The first-order chi connectivity index (χ1) is 7.99. The smallest absolute Gasteiger partial charge is 0.246 e. The first-order valence-electron chi connectivity index (χ1n) is 5.51. The third kappa shape index (κ3) is 2.15. The van der Waals surface area contributed by atoms with E-state index in [9.17, 15) is 9.59 Å². The normalized spacial score (nSPS) is 22.5. The molecule has 0 spiro atoms. The molecule has 2 heterocycles. The van der Waals surface area contributed by atoms with Gasteiger partial charge in [-0.3, -0.25) is 9.59 Å². The van der Waals surface area contributed by atoms with E-state index >= 15 is 0 Å². The number of carbonyl (C=O) groups excluding carboxylic acids is 2. The van der Waals surface area contributed by atoms with Gasteiger partial charge >= 0.3 is 0 Å². The van der Waals surface area contributed by atoms with Gasteiger partial charge in [0.15, 0.2) is 0 Å². The van der Waals surface area contributed by atoms with Crippen LogP contribution in [0.25, 0.3) is 0 Å². The lowest BCUT2D eigenvalue weighted by Gasteiger charge is -2.33. The molecule has 1 saturated heterocycles. The minimum atomic E-state index is -0.491. The fourth-order valence-electron chi connectivity index (χ4n) is 1.86. The van der Waals surface area contributed by atoms with Crippen LogP contribution in [0.3, 0.4) is 0 Å². The number of nitrogens with one attached hydrogen (secondary N) is 1. The molecule has 0 radical (unpaired) electrons. The van der Waals surface area contributed by atoms with Gasteiger partial charge in [0, 0.05) is 0 Å². The molecule has 1 N–H and O–H groups in total. The molecule has 6 heteroatoms. The molecule has 0 bridgehead atoms. The molecule has 0 saturated carbocycles. The molecule has 0 aromatic carbocycles. The van der Waals surface area contributed by atoms with E-state index in [1.54, 1.807) is 27.0 Å². The molecule has 1 fully saturated rings. The maximum atomic E-state index is 11.9. The second-order valence-electron chi connectivity index (χ2n) is 4.24. The second kappa shape index (κ2) is 4.20. The van der Waals surface area contributed by atoms with Crippen molar-refractivity contribution >= 4 is 11.8 Å². The summed E-state index contributed by atoms with van der Waals surface area (Å²) in [6.07, 6.45) is 1.60. The van der Waals surface area contributed by atoms with E-state index < -0.39 is 6.04 Å². The fraction of sp³-hybridized carbons (Fsp3) is 0.545. The van der Waals surface area contributed by atoms with Gasteiger partial charge in [0.2, 0.25) is 17.7 Å². The van der Waals surface area contributed by atoms with Gasteiger partial charge in [-0.05, 0) is 20.8 Å². The summed E-state index contributed by atoms with van der Waals surface area (Å²) in [5, 5.41) is 2.59. The van der Waals surface area contributed by atoms with Crippen LogP contribution in [0.15, 0.2) is 10.6 Å². The molecule has 2 rings (SSSR count). The molecule has 1 aliphatic rings. The highest BCUT2D eigenvalue weighted by atomic mass is 16.4. The Morgan fingerprint density at radius 2 is 2.29 bits per heavy atom. The Bertz CT molecular complexity index is 455. The van der Waals surface area contributed by atoms with Crippen LogP contribution in [0, 0.1) is 6.92 Å². The van der Waals surface area contributed by atoms with E-state index in [2.05, 4.69) is 10.3 Å². The van der Waals surface area contributed by atoms with Gasteiger partial charge in [0.05, 0.1) is 6.20 Å². The van der Waals surface area contributed by atoms with Crippen LogP contribution in [0.4, 0.5) is 0 Å². The molecule has 2 unspecified atom stereocenters. The highest BCUT2D eigenvalue weighted by Crippen LogP contribution is 2.21. The van der Waals surface area contributed by atoms with Crippen molar-refractivity contribution in [2.45, 2.75) is 32.9 Å². The van der Waals surface area contributed by atoms with Crippen molar-refractivity contribution in [3.8, 4) is 0 Å². The number of aryl methyl sites for hydroxylation is 1. The monoisotopic (exact) mass is 237 g/mol. The summed E-state index contributed by atoms with van der Waals surface area (Å²) >= 11 is 0. The van der Waals surface area contributed by atoms with Gasteiger partial charge in [0.25, 0.3) is 0 Å². The predicted octanol–water partition coefficient (Wildman–Crippen LogP) is 0.391. The minimum absolute atomic E-state index is 0.0474. The fourth-order valence-corrected chi connectivity index (χ4v) is 1.86. The summed E-state index contributed by atoms with van der Waals surface area (Å²) in [5.41, 5.74) is 0. The summed E-state index contributed by atoms with van der Waals surface area (Å²) in [5.74, 6) is 0.867. The van der Waals surface area contributed by atoms with E-state index in [1.807, 2.05) is 0 Å². The van der Waals surface area contributed by atoms with Crippen LogP contribution < -0.4 is 5.32 Å². The average molecular weight is 237 g/mol. The van der Waals surface area contributed by atoms with Crippen molar-refractivity contribution in [2.75, 3.05) is 6.54 Å². The third-order valence-electron chi connectivity index (χ3n) is 2.81. The number of piperazine rings is 1. The molecular formula is C11H15N3O3. The summed E-state index contributed by atoms with van der Waals surface area (Å²) in [6, 6.07) is -0.820. The van der Waals surface area contributed by atoms with Crippen molar-refractivity contribution in [1.29, 1.82) is 0 Å². The van der Waals surface area contributed by atoms with Gasteiger partial charge in [-0.25, -0.2) is 4.98 Å². The lowest BCUT2D eigenvalue weighted by atomic mass is 10.1. The molecular weight excluding hydrogens is 222 g/mol. The quantitative estimate of drug-likeness (QED) is 0.807. The zero-order valence-electron chi connectivity index (χ0n) is 10.1. The van der Waals surface area contributed by atoms with Gasteiger partial charge in [-0.2, -0.15) is 0 Å². The van der Waals surface area contributed by atoms with E-state index in [0.29, 0.717) is 11.7 Å². The number of aromatic nitrogens is 1. The molecule has 2 amide bonds. The van der Waals surface area contributed by atoms with Crippen LogP contribution >= 0.6 is 0 Å². The number of carbonyl (C=O) groups is 2. The molecule has 1 aromatic rings. The third-order valence-corrected chi connectivity index (χ3v) is 2.81. The number of hydrogen-bond acceptors (Lipinski definition) is 4. The number of oxazole rings is 1. The highest BCUT2D eigenvalue weighted by Gasteiger charge is 2.34. The van der Waals surface area contributed by atoms with Gasteiger partial charge in [0.1, 0.15) is 24.4 Å². The van der Waals surface area contributed by atoms with Crippen LogP contribution in [0.2, 0.25) is 0 Å². The summed E-state index contributed by atoms with van der Waals surface area (Å²) in [7, 11) is 0. The maximum absolute atomic E-state index is 11.9. The van der Waals surface area contributed by atoms with E-state index in [4.69, 9.17) is 4.42 Å².